The summed E-state index contributed by atoms with van der Waals surface area (Å²) in [6, 6.07) is 8.40. The van der Waals surface area contributed by atoms with E-state index in [4.69, 9.17) is 9.72 Å². The van der Waals surface area contributed by atoms with Gasteiger partial charge in [0.05, 0.1) is 25.3 Å². The van der Waals surface area contributed by atoms with Crippen molar-refractivity contribution in [3.8, 4) is 16.9 Å². The van der Waals surface area contributed by atoms with E-state index in [1.165, 1.54) is 13.2 Å². The van der Waals surface area contributed by atoms with Crippen molar-refractivity contribution >= 4 is 5.91 Å². The maximum atomic E-state index is 14.1. The molecule has 1 aromatic carbocycles. The van der Waals surface area contributed by atoms with Crippen LogP contribution >= 0.6 is 0 Å². The highest BCUT2D eigenvalue weighted by atomic mass is 19.1. The number of aromatic nitrogens is 3. The summed E-state index contributed by atoms with van der Waals surface area (Å²) >= 11 is 0. The number of carbonyl (C=O) groups excluding carboxylic acids is 1. The second-order valence-electron chi connectivity index (χ2n) is 7.96. The zero-order valence-electron chi connectivity index (χ0n) is 18.4. The van der Waals surface area contributed by atoms with Crippen LogP contribution in [0, 0.1) is 5.82 Å². The molecule has 166 valence electrons. The van der Waals surface area contributed by atoms with E-state index in [-0.39, 0.29) is 24.1 Å². The predicted molar refractivity (Wildman–Crippen MR) is 120 cm³/mol. The first-order valence-corrected chi connectivity index (χ1v) is 11.0. The zero-order valence-corrected chi connectivity index (χ0v) is 18.4. The van der Waals surface area contributed by atoms with Crippen LogP contribution in [0.2, 0.25) is 0 Å². The van der Waals surface area contributed by atoms with Gasteiger partial charge in [-0.25, -0.2) is 14.4 Å². The van der Waals surface area contributed by atoms with Gasteiger partial charge in [-0.2, -0.15) is 0 Å². The fraction of sp³-hybridized carbons (Fsp3) is 0.360. The third-order valence-electron chi connectivity index (χ3n) is 5.79. The summed E-state index contributed by atoms with van der Waals surface area (Å²) in [6.45, 7) is 2.75. The minimum atomic E-state index is -0.462. The van der Waals surface area contributed by atoms with Crippen LogP contribution in [0.3, 0.4) is 0 Å². The molecule has 4 rings (SSSR count). The molecule has 3 aromatic rings. The first-order valence-electron chi connectivity index (χ1n) is 11.0. The maximum Gasteiger partial charge on any atom is 0.227 e. The normalized spacial score (nSPS) is 15.7. The fourth-order valence-electron chi connectivity index (χ4n) is 4.23. The van der Waals surface area contributed by atoms with Crippen LogP contribution in [0.4, 0.5) is 4.39 Å². The number of hydrogen-bond acceptors (Lipinski definition) is 5. The number of hydrogen-bond donors (Lipinski definition) is 0. The Hall–Kier alpha value is -3.35. The number of nitrogens with zero attached hydrogens (tertiary/aromatic N) is 4. The summed E-state index contributed by atoms with van der Waals surface area (Å²) in [6.07, 6.45) is 8.96. The van der Waals surface area contributed by atoms with E-state index in [0.29, 0.717) is 12.1 Å². The van der Waals surface area contributed by atoms with Gasteiger partial charge in [-0.3, -0.25) is 9.78 Å². The molecule has 0 radical (unpaired) electrons. The number of amides is 1. The summed E-state index contributed by atoms with van der Waals surface area (Å²) in [4.78, 5) is 28.7. The monoisotopic (exact) mass is 434 g/mol. The molecule has 7 heteroatoms. The SMILES string of the molecule is CCCc1ncc(-c2ccncc2)c([C@H]2CCCN2C(=O)Cc2ccc(OC)c(F)c2)n1. The standard InChI is InChI=1S/C25H27FN4O2/c1-3-5-23-28-16-19(18-9-11-27-12-10-18)25(29-23)21-6-4-13-30(21)24(31)15-17-7-8-22(32-2)20(26)14-17/h7-12,14,16,21H,3-6,13,15H2,1-2H3/t21-/m1/s1. The Balaban J connectivity index is 1.64. The molecule has 0 unspecified atom stereocenters. The molecule has 3 heterocycles. The number of rotatable bonds is 7. The number of likely N-dealkylation sites (tertiary alicyclic amines) is 1. The summed E-state index contributed by atoms with van der Waals surface area (Å²) in [7, 11) is 1.42. The molecule has 0 N–H and O–H groups in total. The molecule has 1 aliphatic heterocycles. The third kappa shape index (κ3) is 4.61. The van der Waals surface area contributed by atoms with Gasteiger partial charge in [-0.05, 0) is 54.7 Å². The van der Waals surface area contributed by atoms with Crippen LogP contribution in [0.5, 0.6) is 5.75 Å². The average Bonchev–Trinajstić information content (AvgIpc) is 3.30. The first-order chi connectivity index (χ1) is 15.6. The zero-order chi connectivity index (χ0) is 22.5. The Labute approximate surface area is 187 Å². The Morgan fingerprint density at radius 2 is 2.06 bits per heavy atom. The molecule has 0 spiro atoms. The molecular weight excluding hydrogens is 407 g/mol. The quantitative estimate of drug-likeness (QED) is 0.546. The second-order valence-corrected chi connectivity index (χ2v) is 7.96. The van der Waals surface area contributed by atoms with Gasteiger partial charge in [-0.1, -0.05) is 13.0 Å². The Morgan fingerprint density at radius 3 is 2.78 bits per heavy atom. The van der Waals surface area contributed by atoms with Crippen molar-refractivity contribution in [2.45, 2.75) is 45.1 Å². The molecule has 0 bridgehead atoms. The second kappa shape index (κ2) is 9.85. The number of halogens is 1. The lowest BCUT2D eigenvalue weighted by Crippen LogP contribution is -2.32. The molecule has 1 saturated heterocycles. The smallest absolute Gasteiger partial charge is 0.227 e. The van der Waals surface area contributed by atoms with Gasteiger partial charge in [0.25, 0.3) is 0 Å². The fourth-order valence-corrected chi connectivity index (χ4v) is 4.23. The number of benzene rings is 1. The van der Waals surface area contributed by atoms with E-state index >= 15 is 0 Å². The average molecular weight is 435 g/mol. The van der Waals surface area contributed by atoms with E-state index in [0.717, 1.165) is 48.3 Å². The van der Waals surface area contributed by atoms with Crippen LogP contribution in [-0.4, -0.2) is 39.4 Å². The highest BCUT2D eigenvalue weighted by Crippen LogP contribution is 2.37. The number of carbonyl (C=O) groups is 1. The molecule has 0 aliphatic carbocycles. The highest BCUT2D eigenvalue weighted by molar-refractivity contribution is 5.80. The van der Waals surface area contributed by atoms with E-state index in [2.05, 4.69) is 16.9 Å². The van der Waals surface area contributed by atoms with E-state index in [1.54, 1.807) is 24.5 Å². The van der Waals surface area contributed by atoms with Crippen LogP contribution in [-0.2, 0) is 17.6 Å². The lowest BCUT2D eigenvalue weighted by molar-refractivity contribution is -0.131. The molecule has 0 saturated carbocycles. The molecule has 1 atom stereocenters. The van der Waals surface area contributed by atoms with E-state index < -0.39 is 5.82 Å². The van der Waals surface area contributed by atoms with Crippen molar-refractivity contribution in [3.63, 3.8) is 0 Å². The number of methoxy groups -OCH3 is 1. The van der Waals surface area contributed by atoms with Crippen molar-refractivity contribution in [3.05, 3.63) is 71.8 Å². The number of pyridine rings is 1. The lowest BCUT2D eigenvalue weighted by atomic mass is 10.00. The van der Waals surface area contributed by atoms with Crippen LogP contribution < -0.4 is 4.74 Å². The first kappa shape index (κ1) is 21.9. The Bertz CT molecular complexity index is 1090. The van der Waals surface area contributed by atoms with Crippen LogP contribution in [0.25, 0.3) is 11.1 Å². The van der Waals surface area contributed by atoms with Gasteiger partial charge in [0.1, 0.15) is 5.82 Å². The van der Waals surface area contributed by atoms with Crippen molar-refractivity contribution in [1.29, 1.82) is 0 Å². The summed E-state index contributed by atoms with van der Waals surface area (Å²) in [5, 5.41) is 0. The molecule has 2 aromatic heterocycles. The topological polar surface area (TPSA) is 68.2 Å². The Kier molecular flexibility index (Phi) is 6.73. The lowest BCUT2D eigenvalue weighted by Gasteiger charge is -2.26. The van der Waals surface area contributed by atoms with Crippen molar-refractivity contribution < 1.29 is 13.9 Å². The van der Waals surface area contributed by atoms with Crippen LogP contribution in [0.1, 0.15) is 49.3 Å². The summed E-state index contributed by atoms with van der Waals surface area (Å²) in [5.74, 6) is 0.465. The van der Waals surface area contributed by atoms with Crippen molar-refractivity contribution in [1.82, 2.24) is 19.9 Å². The van der Waals surface area contributed by atoms with Gasteiger partial charge in [-0.15, -0.1) is 0 Å². The molecule has 32 heavy (non-hydrogen) atoms. The minimum Gasteiger partial charge on any atom is -0.494 e. The van der Waals surface area contributed by atoms with Gasteiger partial charge in [0.2, 0.25) is 5.91 Å². The van der Waals surface area contributed by atoms with Crippen molar-refractivity contribution in [2.75, 3.05) is 13.7 Å². The van der Waals surface area contributed by atoms with Crippen LogP contribution in [0.15, 0.2) is 48.9 Å². The van der Waals surface area contributed by atoms with E-state index in [9.17, 15) is 9.18 Å². The summed E-state index contributed by atoms with van der Waals surface area (Å²) < 4.78 is 19.1. The minimum absolute atomic E-state index is 0.0339. The number of ether oxygens (including phenoxy) is 1. The maximum absolute atomic E-state index is 14.1. The van der Waals surface area contributed by atoms with Crippen molar-refractivity contribution in [2.24, 2.45) is 0 Å². The predicted octanol–water partition coefficient (Wildman–Crippen LogP) is 4.55. The summed E-state index contributed by atoms with van der Waals surface area (Å²) in [5.41, 5.74) is 3.41. The van der Waals surface area contributed by atoms with Gasteiger partial charge in [0.15, 0.2) is 11.6 Å². The molecular formula is C25H27FN4O2. The molecule has 1 aliphatic rings. The van der Waals surface area contributed by atoms with Gasteiger partial charge in [0, 0.05) is 37.1 Å². The highest BCUT2D eigenvalue weighted by Gasteiger charge is 2.33. The number of aryl methyl sites for hydroxylation is 1. The van der Waals surface area contributed by atoms with E-state index in [1.807, 2.05) is 23.2 Å². The molecule has 1 amide bonds. The Morgan fingerprint density at radius 1 is 1.25 bits per heavy atom. The molecule has 1 fully saturated rings. The molecule has 6 nitrogen and oxygen atoms in total. The third-order valence-corrected chi connectivity index (χ3v) is 5.79. The van der Waals surface area contributed by atoms with Gasteiger partial charge >= 0.3 is 0 Å². The van der Waals surface area contributed by atoms with Gasteiger partial charge < -0.3 is 9.64 Å². The largest absolute Gasteiger partial charge is 0.494 e.